The zero-order valence-corrected chi connectivity index (χ0v) is 13.9. The molecule has 1 aliphatic rings. The Labute approximate surface area is 145 Å². The van der Waals surface area contributed by atoms with E-state index < -0.39 is 11.7 Å². The predicted molar refractivity (Wildman–Crippen MR) is 91.1 cm³/mol. The van der Waals surface area contributed by atoms with E-state index >= 15 is 0 Å². The molecule has 1 atom stereocenters. The van der Waals surface area contributed by atoms with E-state index in [1.54, 1.807) is 23.4 Å². The highest BCUT2D eigenvalue weighted by Gasteiger charge is 2.32. The van der Waals surface area contributed by atoms with Gasteiger partial charge in [-0.05, 0) is 37.6 Å². The molecule has 0 spiro atoms. The van der Waals surface area contributed by atoms with E-state index in [2.05, 4.69) is 9.97 Å². The standard InChI is InChI=1S/C18H19FN4O2/c1-2-23(18-20-7-3-8-21-18)14-6-9-22(11-14)17(25)15-10-13(12-24)4-5-16(15)19/h3-5,7-8,10,12,14H,2,6,9,11H2,1H3/t14-/m1/s1. The van der Waals surface area contributed by atoms with Crippen molar-refractivity contribution >= 4 is 18.1 Å². The lowest BCUT2D eigenvalue weighted by Crippen LogP contribution is -2.40. The number of aldehydes is 1. The van der Waals surface area contributed by atoms with Crippen LogP contribution in [0.3, 0.4) is 0 Å². The molecule has 1 saturated heterocycles. The van der Waals surface area contributed by atoms with Crippen molar-refractivity contribution in [1.82, 2.24) is 14.9 Å². The lowest BCUT2D eigenvalue weighted by molar-refractivity contribution is 0.0786. The molecule has 0 N–H and O–H groups in total. The molecule has 3 rings (SSSR count). The molecule has 1 aromatic heterocycles. The Kier molecular flexibility index (Phi) is 5.02. The van der Waals surface area contributed by atoms with Gasteiger partial charge in [0.2, 0.25) is 5.95 Å². The van der Waals surface area contributed by atoms with Crippen molar-refractivity contribution < 1.29 is 14.0 Å². The van der Waals surface area contributed by atoms with Crippen LogP contribution in [-0.2, 0) is 0 Å². The number of carbonyl (C=O) groups excluding carboxylic acids is 2. The normalized spacial score (nSPS) is 16.7. The summed E-state index contributed by atoms with van der Waals surface area (Å²) < 4.78 is 14.0. The number of carbonyl (C=O) groups is 2. The average molecular weight is 342 g/mol. The summed E-state index contributed by atoms with van der Waals surface area (Å²) in [5.41, 5.74) is 0.220. The van der Waals surface area contributed by atoms with Gasteiger partial charge in [0, 0.05) is 37.6 Å². The van der Waals surface area contributed by atoms with E-state index in [0.717, 1.165) is 12.5 Å². The van der Waals surface area contributed by atoms with E-state index in [9.17, 15) is 14.0 Å². The van der Waals surface area contributed by atoms with Crippen LogP contribution in [0, 0.1) is 5.82 Å². The second-order valence-electron chi connectivity index (χ2n) is 5.89. The van der Waals surface area contributed by atoms with Gasteiger partial charge < -0.3 is 9.80 Å². The first-order valence-electron chi connectivity index (χ1n) is 8.21. The zero-order chi connectivity index (χ0) is 17.8. The van der Waals surface area contributed by atoms with Gasteiger partial charge in [-0.25, -0.2) is 14.4 Å². The summed E-state index contributed by atoms with van der Waals surface area (Å²) in [6.45, 7) is 3.72. The number of halogens is 1. The molecule has 7 heteroatoms. The number of hydrogen-bond acceptors (Lipinski definition) is 5. The molecule has 2 heterocycles. The predicted octanol–water partition coefficient (Wildman–Crippen LogP) is 2.17. The number of rotatable bonds is 5. The monoisotopic (exact) mass is 342 g/mol. The van der Waals surface area contributed by atoms with Crippen LogP contribution >= 0.6 is 0 Å². The zero-order valence-electron chi connectivity index (χ0n) is 13.9. The first-order chi connectivity index (χ1) is 12.1. The number of hydrogen-bond donors (Lipinski definition) is 0. The maximum Gasteiger partial charge on any atom is 0.256 e. The van der Waals surface area contributed by atoms with Gasteiger partial charge in [-0.15, -0.1) is 0 Å². The molecule has 1 amide bonds. The number of likely N-dealkylation sites (tertiary alicyclic amines) is 1. The largest absolute Gasteiger partial charge is 0.336 e. The molecule has 0 saturated carbocycles. The SMILES string of the molecule is CCN(c1ncccn1)[C@@H]1CCN(C(=O)c2cc(C=O)ccc2F)C1. The number of benzene rings is 1. The molecule has 1 aliphatic heterocycles. The summed E-state index contributed by atoms with van der Waals surface area (Å²) in [6, 6.07) is 5.65. The Balaban J connectivity index is 1.76. The summed E-state index contributed by atoms with van der Waals surface area (Å²) >= 11 is 0. The summed E-state index contributed by atoms with van der Waals surface area (Å²) in [6.07, 6.45) is 4.73. The van der Waals surface area contributed by atoms with Crippen LogP contribution in [0.25, 0.3) is 0 Å². The molecule has 1 aromatic carbocycles. The van der Waals surface area contributed by atoms with Gasteiger partial charge in [0.25, 0.3) is 5.91 Å². The van der Waals surface area contributed by atoms with Gasteiger partial charge in [-0.3, -0.25) is 9.59 Å². The van der Waals surface area contributed by atoms with Crippen molar-refractivity contribution in [3.05, 3.63) is 53.6 Å². The summed E-state index contributed by atoms with van der Waals surface area (Å²) in [7, 11) is 0. The minimum atomic E-state index is -0.613. The second kappa shape index (κ2) is 7.38. The minimum absolute atomic E-state index is 0.0655. The van der Waals surface area contributed by atoms with Crippen LogP contribution in [0.2, 0.25) is 0 Å². The number of likely N-dealkylation sites (N-methyl/N-ethyl adjacent to an activating group) is 1. The summed E-state index contributed by atoms with van der Waals surface area (Å²) in [4.78, 5) is 35.7. The van der Waals surface area contributed by atoms with E-state index in [1.165, 1.54) is 12.1 Å². The lowest BCUT2D eigenvalue weighted by atomic mass is 10.1. The van der Waals surface area contributed by atoms with Crippen molar-refractivity contribution in [1.29, 1.82) is 0 Å². The van der Waals surface area contributed by atoms with Gasteiger partial charge in [0.1, 0.15) is 12.1 Å². The van der Waals surface area contributed by atoms with Crippen LogP contribution in [0.1, 0.15) is 34.1 Å². The van der Waals surface area contributed by atoms with Crippen molar-refractivity contribution in [2.75, 3.05) is 24.5 Å². The Bertz CT molecular complexity index is 769. The third-order valence-electron chi connectivity index (χ3n) is 4.40. The van der Waals surface area contributed by atoms with Crippen molar-refractivity contribution in [2.24, 2.45) is 0 Å². The van der Waals surface area contributed by atoms with Crippen LogP contribution in [0.4, 0.5) is 10.3 Å². The molecule has 0 bridgehead atoms. The number of amides is 1. The topological polar surface area (TPSA) is 66.4 Å². The molecule has 0 unspecified atom stereocenters. The van der Waals surface area contributed by atoms with Gasteiger partial charge in [-0.2, -0.15) is 0 Å². The Morgan fingerprint density at radius 1 is 1.40 bits per heavy atom. The van der Waals surface area contributed by atoms with Crippen molar-refractivity contribution in [3.8, 4) is 0 Å². The van der Waals surface area contributed by atoms with Crippen LogP contribution < -0.4 is 4.90 Å². The molecular weight excluding hydrogens is 323 g/mol. The summed E-state index contributed by atoms with van der Waals surface area (Å²) in [5.74, 6) is -0.384. The first-order valence-corrected chi connectivity index (χ1v) is 8.21. The van der Waals surface area contributed by atoms with E-state index in [1.807, 2.05) is 11.8 Å². The van der Waals surface area contributed by atoms with Crippen molar-refractivity contribution in [3.63, 3.8) is 0 Å². The molecule has 0 aliphatic carbocycles. The smallest absolute Gasteiger partial charge is 0.256 e. The highest BCUT2D eigenvalue weighted by atomic mass is 19.1. The molecule has 130 valence electrons. The molecule has 25 heavy (non-hydrogen) atoms. The van der Waals surface area contributed by atoms with E-state index in [-0.39, 0.29) is 17.2 Å². The highest BCUT2D eigenvalue weighted by molar-refractivity contribution is 5.96. The summed E-state index contributed by atoms with van der Waals surface area (Å²) in [5, 5.41) is 0. The molecular formula is C18H19FN4O2. The molecule has 6 nitrogen and oxygen atoms in total. The Morgan fingerprint density at radius 2 is 2.16 bits per heavy atom. The quantitative estimate of drug-likeness (QED) is 0.779. The van der Waals surface area contributed by atoms with Crippen LogP contribution in [0.15, 0.2) is 36.7 Å². The minimum Gasteiger partial charge on any atom is -0.336 e. The van der Waals surface area contributed by atoms with Crippen LogP contribution in [0.5, 0.6) is 0 Å². The lowest BCUT2D eigenvalue weighted by Gasteiger charge is -2.27. The number of anilines is 1. The van der Waals surface area contributed by atoms with Gasteiger partial charge >= 0.3 is 0 Å². The maximum absolute atomic E-state index is 14.0. The third-order valence-corrected chi connectivity index (χ3v) is 4.40. The van der Waals surface area contributed by atoms with E-state index in [0.29, 0.717) is 31.9 Å². The Hall–Kier alpha value is -2.83. The fourth-order valence-corrected chi connectivity index (χ4v) is 3.13. The maximum atomic E-state index is 14.0. The molecule has 0 radical (unpaired) electrons. The van der Waals surface area contributed by atoms with Crippen molar-refractivity contribution in [2.45, 2.75) is 19.4 Å². The van der Waals surface area contributed by atoms with Gasteiger partial charge in [0.05, 0.1) is 11.6 Å². The second-order valence-corrected chi connectivity index (χ2v) is 5.89. The molecule has 2 aromatic rings. The van der Waals surface area contributed by atoms with Gasteiger partial charge in [0.15, 0.2) is 0 Å². The number of nitrogens with zero attached hydrogens (tertiary/aromatic N) is 4. The first kappa shape index (κ1) is 17.0. The fourth-order valence-electron chi connectivity index (χ4n) is 3.13. The molecule has 1 fully saturated rings. The number of aromatic nitrogens is 2. The highest BCUT2D eigenvalue weighted by Crippen LogP contribution is 2.22. The Morgan fingerprint density at radius 3 is 2.84 bits per heavy atom. The van der Waals surface area contributed by atoms with E-state index in [4.69, 9.17) is 0 Å². The van der Waals surface area contributed by atoms with Gasteiger partial charge in [-0.1, -0.05) is 0 Å². The third kappa shape index (κ3) is 3.50. The average Bonchev–Trinajstić information content (AvgIpc) is 3.13. The van der Waals surface area contributed by atoms with Crippen LogP contribution in [-0.4, -0.2) is 52.7 Å². The fraction of sp³-hybridized carbons (Fsp3) is 0.333.